The zero-order chi connectivity index (χ0) is 14.4. The second-order valence-electron chi connectivity index (χ2n) is 5.40. The van der Waals surface area contributed by atoms with Crippen molar-refractivity contribution in [2.24, 2.45) is 0 Å². The average molecular weight is 292 g/mol. The Balaban J connectivity index is 1.67. The van der Waals surface area contributed by atoms with Gasteiger partial charge in [0.15, 0.2) is 0 Å². The highest BCUT2D eigenvalue weighted by molar-refractivity contribution is 7.99. The summed E-state index contributed by atoms with van der Waals surface area (Å²) >= 11 is 2.04. The third kappa shape index (κ3) is 4.53. The van der Waals surface area contributed by atoms with Gasteiger partial charge in [-0.15, -0.1) is 0 Å². The summed E-state index contributed by atoms with van der Waals surface area (Å²) in [5.74, 6) is 1.29. The molecule has 3 nitrogen and oxygen atoms in total. The van der Waals surface area contributed by atoms with E-state index >= 15 is 0 Å². The molecule has 4 heteroatoms. The summed E-state index contributed by atoms with van der Waals surface area (Å²) in [5, 5.41) is 7.19. The molecule has 0 saturated carbocycles. The summed E-state index contributed by atoms with van der Waals surface area (Å²) in [6.45, 7) is 5.83. The molecule has 2 rings (SSSR count). The molecule has 1 aromatic rings. The van der Waals surface area contributed by atoms with Crippen LogP contribution in [0.5, 0.6) is 0 Å². The van der Waals surface area contributed by atoms with E-state index in [1.54, 1.807) is 0 Å². The van der Waals surface area contributed by atoms with Gasteiger partial charge in [-0.3, -0.25) is 4.79 Å². The Bertz CT molecular complexity index is 433. The van der Waals surface area contributed by atoms with E-state index in [9.17, 15) is 4.79 Å². The van der Waals surface area contributed by atoms with Crippen LogP contribution < -0.4 is 10.6 Å². The van der Waals surface area contributed by atoms with Crippen molar-refractivity contribution in [1.29, 1.82) is 0 Å². The van der Waals surface area contributed by atoms with E-state index in [0.717, 1.165) is 12.1 Å². The second-order valence-corrected chi connectivity index (χ2v) is 6.89. The van der Waals surface area contributed by atoms with E-state index in [4.69, 9.17) is 0 Å². The zero-order valence-electron chi connectivity index (χ0n) is 12.3. The Morgan fingerprint density at radius 3 is 2.75 bits per heavy atom. The molecule has 1 heterocycles. The number of thioether (sulfide) groups is 1. The Hall–Kier alpha value is -1.00. The molecular formula is C16H24N2OS. The molecular weight excluding hydrogens is 268 g/mol. The number of carbonyl (C=O) groups is 1. The third-order valence-electron chi connectivity index (χ3n) is 3.74. The number of aryl methyl sites for hydroxylation is 1. The first-order valence-corrected chi connectivity index (χ1v) is 8.41. The maximum atomic E-state index is 11.9. The molecule has 0 aliphatic carbocycles. The largest absolute Gasteiger partial charge is 0.351 e. The first kappa shape index (κ1) is 15.4. The van der Waals surface area contributed by atoms with Crippen molar-refractivity contribution in [3.05, 3.63) is 35.4 Å². The first-order chi connectivity index (χ1) is 9.66. The molecule has 0 bridgehead atoms. The quantitative estimate of drug-likeness (QED) is 0.820. The Morgan fingerprint density at radius 1 is 1.30 bits per heavy atom. The van der Waals surface area contributed by atoms with Gasteiger partial charge in [0.25, 0.3) is 5.91 Å². The summed E-state index contributed by atoms with van der Waals surface area (Å²) < 4.78 is 0. The second kappa shape index (κ2) is 7.70. The van der Waals surface area contributed by atoms with Crippen LogP contribution in [0.15, 0.2) is 24.3 Å². The molecule has 0 spiro atoms. The predicted octanol–water partition coefficient (Wildman–Crippen LogP) is 2.60. The molecule has 110 valence electrons. The highest BCUT2D eigenvalue weighted by Crippen LogP contribution is 2.24. The lowest BCUT2D eigenvalue weighted by atomic mass is 10.1. The number of hydrogen-bond donors (Lipinski definition) is 2. The van der Waals surface area contributed by atoms with Crippen molar-refractivity contribution >= 4 is 17.7 Å². The normalized spacial score (nSPS) is 22.5. The molecule has 2 unspecified atom stereocenters. The Morgan fingerprint density at radius 2 is 2.05 bits per heavy atom. The monoisotopic (exact) mass is 292 g/mol. The fourth-order valence-electron chi connectivity index (χ4n) is 2.43. The van der Waals surface area contributed by atoms with Crippen molar-refractivity contribution in [2.45, 2.75) is 38.0 Å². The van der Waals surface area contributed by atoms with Gasteiger partial charge >= 0.3 is 0 Å². The van der Waals surface area contributed by atoms with E-state index in [-0.39, 0.29) is 5.91 Å². The van der Waals surface area contributed by atoms with Crippen LogP contribution in [0.1, 0.15) is 35.7 Å². The minimum Gasteiger partial charge on any atom is -0.351 e. The number of amides is 1. The Kier molecular flexibility index (Phi) is 5.92. The van der Waals surface area contributed by atoms with E-state index in [2.05, 4.69) is 17.6 Å². The van der Waals surface area contributed by atoms with Crippen LogP contribution in [0.2, 0.25) is 0 Å². The van der Waals surface area contributed by atoms with E-state index in [1.165, 1.54) is 24.2 Å². The van der Waals surface area contributed by atoms with Gasteiger partial charge in [0.05, 0.1) is 0 Å². The molecule has 2 atom stereocenters. The molecule has 2 N–H and O–H groups in total. The summed E-state index contributed by atoms with van der Waals surface area (Å²) in [5.41, 5.74) is 1.91. The molecule has 1 aromatic carbocycles. The fraction of sp³-hybridized carbons (Fsp3) is 0.562. The minimum absolute atomic E-state index is 0.0119. The molecule has 1 saturated heterocycles. The summed E-state index contributed by atoms with van der Waals surface area (Å²) in [7, 11) is 0. The number of rotatable bonds is 5. The number of benzene rings is 1. The van der Waals surface area contributed by atoms with Gasteiger partial charge < -0.3 is 10.6 Å². The summed E-state index contributed by atoms with van der Waals surface area (Å²) in [4.78, 5) is 11.9. The van der Waals surface area contributed by atoms with Gasteiger partial charge in [0.2, 0.25) is 0 Å². The average Bonchev–Trinajstić information content (AvgIpc) is 2.46. The molecule has 1 aliphatic heterocycles. The van der Waals surface area contributed by atoms with Crippen LogP contribution in [0.25, 0.3) is 0 Å². The fourth-order valence-corrected chi connectivity index (χ4v) is 3.60. The molecule has 0 aromatic heterocycles. The van der Waals surface area contributed by atoms with Gasteiger partial charge in [-0.1, -0.05) is 24.6 Å². The van der Waals surface area contributed by atoms with E-state index in [0.29, 0.717) is 17.8 Å². The number of carbonyl (C=O) groups excluding carboxylic acids is 1. The first-order valence-electron chi connectivity index (χ1n) is 7.36. The van der Waals surface area contributed by atoms with Gasteiger partial charge in [-0.25, -0.2) is 0 Å². The molecule has 1 aliphatic rings. The van der Waals surface area contributed by atoms with Gasteiger partial charge in [0.1, 0.15) is 0 Å². The molecule has 20 heavy (non-hydrogen) atoms. The van der Waals surface area contributed by atoms with Crippen molar-refractivity contribution in [3.63, 3.8) is 0 Å². The summed E-state index contributed by atoms with van der Waals surface area (Å²) in [6, 6.07) is 8.27. The molecule has 1 fully saturated rings. The van der Waals surface area contributed by atoms with Crippen LogP contribution in [0.3, 0.4) is 0 Å². The zero-order valence-corrected chi connectivity index (χ0v) is 13.1. The summed E-state index contributed by atoms with van der Waals surface area (Å²) in [6.07, 6.45) is 2.54. The SMILES string of the molecule is Cc1ccc(C(=O)NCCNC2CCCSC2C)cc1. The van der Waals surface area contributed by atoms with Crippen molar-refractivity contribution in [3.8, 4) is 0 Å². The van der Waals surface area contributed by atoms with Crippen molar-refractivity contribution in [2.75, 3.05) is 18.8 Å². The maximum Gasteiger partial charge on any atom is 0.251 e. The third-order valence-corrected chi connectivity index (χ3v) is 5.12. The van der Waals surface area contributed by atoms with Crippen LogP contribution in [0, 0.1) is 6.92 Å². The van der Waals surface area contributed by atoms with E-state index in [1.807, 2.05) is 43.0 Å². The highest BCUT2D eigenvalue weighted by Gasteiger charge is 2.20. The topological polar surface area (TPSA) is 41.1 Å². The lowest BCUT2D eigenvalue weighted by molar-refractivity contribution is 0.0953. The van der Waals surface area contributed by atoms with Crippen LogP contribution in [-0.4, -0.2) is 36.0 Å². The van der Waals surface area contributed by atoms with Gasteiger partial charge in [-0.05, 0) is 37.7 Å². The minimum atomic E-state index is 0.0119. The smallest absolute Gasteiger partial charge is 0.251 e. The number of nitrogens with one attached hydrogen (secondary N) is 2. The number of hydrogen-bond acceptors (Lipinski definition) is 3. The van der Waals surface area contributed by atoms with Crippen molar-refractivity contribution in [1.82, 2.24) is 10.6 Å². The lowest BCUT2D eigenvalue weighted by Gasteiger charge is -2.29. The molecule has 1 amide bonds. The lowest BCUT2D eigenvalue weighted by Crippen LogP contribution is -2.43. The van der Waals surface area contributed by atoms with E-state index < -0.39 is 0 Å². The van der Waals surface area contributed by atoms with Crippen molar-refractivity contribution < 1.29 is 4.79 Å². The standard InChI is InChI=1S/C16H24N2OS/c1-12-5-7-14(8-6-12)16(19)18-10-9-17-15-4-3-11-20-13(15)2/h5-8,13,15,17H,3-4,9-11H2,1-2H3,(H,18,19). The Labute approximate surface area is 125 Å². The van der Waals surface area contributed by atoms with Crippen LogP contribution in [-0.2, 0) is 0 Å². The molecule has 0 radical (unpaired) electrons. The van der Waals surface area contributed by atoms with Crippen LogP contribution in [0.4, 0.5) is 0 Å². The van der Waals surface area contributed by atoms with Crippen LogP contribution >= 0.6 is 11.8 Å². The van der Waals surface area contributed by atoms with Gasteiger partial charge in [0, 0.05) is 29.9 Å². The van der Waals surface area contributed by atoms with Gasteiger partial charge in [-0.2, -0.15) is 11.8 Å². The maximum absolute atomic E-state index is 11.9. The predicted molar refractivity (Wildman–Crippen MR) is 86.5 cm³/mol. The highest BCUT2D eigenvalue weighted by atomic mass is 32.2.